The van der Waals surface area contributed by atoms with Crippen LogP contribution in [0, 0.1) is 11.8 Å². The Balaban J connectivity index is 1.64. The van der Waals surface area contributed by atoms with Gasteiger partial charge in [-0.05, 0) is 43.0 Å². The van der Waals surface area contributed by atoms with E-state index in [4.69, 9.17) is 0 Å². The molecule has 2 aliphatic rings. The number of rotatable bonds is 3. The van der Waals surface area contributed by atoms with E-state index in [2.05, 4.69) is 60.7 Å². The number of fused-ring (bicyclic) bond motifs is 1. The minimum absolute atomic E-state index is 0.656. The minimum atomic E-state index is 0.656. The van der Waals surface area contributed by atoms with E-state index in [-0.39, 0.29) is 0 Å². The zero-order valence-corrected chi connectivity index (χ0v) is 10.6. The van der Waals surface area contributed by atoms with Crippen molar-refractivity contribution in [3.63, 3.8) is 0 Å². The number of allylic oxidation sites excluding steroid dienone is 1. The third-order valence-electron chi connectivity index (χ3n) is 4.10. The fourth-order valence-electron chi connectivity index (χ4n) is 2.95. The van der Waals surface area contributed by atoms with Crippen molar-refractivity contribution in [1.82, 2.24) is 0 Å². The second-order valence-corrected chi connectivity index (χ2v) is 5.43. The molecular formula is C15H20N2. The molecule has 1 fully saturated rings. The molecule has 0 spiro atoms. The molecule has 0 aromatic heterocycles. The van der Waals surface area contributed by atoms with Crippen molar-refractivity contribution in [2.45, 2.75) is 18.9 Å². The smallest absolute Gasteiger partial charge is 0.0362 e. The van der Waals surface area contributed by atoms with Gasteiger partial charge in [0.1, 0.15) is 0 Å². The summed E-state index contributed by atoms with van der Waals surface area (Å²) >= 11 is 0. The highest BCUT2D eigenvalue weighted by Gasteiger charge is 2.40. The first-order valence-electron chi connectivity index (χ1n) is 6.44. The third-order valence-corrected chi connectivity index (χ3v) is 4.10. The molecule has 3 unspecified atom stereocenters. The van der Waals surface area contributed by atoms with Crippen LogP contribution in [0.15, 0.2) is 36.4 Å². The van der Waals surface area contributed by atoms with E-state index < -0.39 is 0 Å². The van der Waals surface area contributed by atoms with Crippen LogP contribution in [0.3, 0.4) is 0 Å². The highest BCUT2D eigenvalue weighted by atomic mass is 15.1. The second-order valence-electron chi connectivity index (χ2n) is 5.43. The lowest BCUT2D eigenvalue weighted by Crippen LogP contribution is -2.43. The Kier molecular flexibility index (Phi) is 2.58. The summed E-state index contributed by atoms with van der Waals surface area (Å²) in [7, 11) is 4.14. The molecule has 1 aromatic carbocycles. The number of nitrogens with one attached hydrogen (secondary N) is 1. The van der Waals surface area contributed by atoms with E-state index in [1.165, 1.54) is 24.2 Å². The Labute approximate surface area is 103 Å². The van der Waals surface area contributed by atoms with Crippen molar-refractivity contribution >= 4 is 11.4 Å². The van der Waals surface area contributed by atoms with Crippen LogP contribution in [0.25, 0.3) is 0 Å². The molecule has 1 aromatic rings. The summed E-state index contributed by atoms with van der Waals surface area (Å²) in [6, 6.07) is 9.36. The Bertz CT molecular complexity index is 419. The van der Waals surface area contributed by atoms with Gasteiger partial charge in [-0.2, -0.15) is 0 Å². The lowest BCUT2D eigenvalue weighted by molar-refractivity contribution is 0.218. The van der Waals surface area contributed by atoms with Crippen molar-refractivity contribution in [2.75, 3.05) is 24.3 Å². The lowest BCUT2D eigenvalue weighted by Gasteiger charge is -2.41. The summed E-state index contributed by atoms with van der Waals surface area (Å²) in [6.07, 6.45) is 7.35. The predicted molar refractivity (Wildman–Crippen MR) is 73.5 cm³/mol. The Morgan fingerprint density at radius 2 is 1.94 bits per heavy atom. The zero-order valence-electron chi connectivity index (χ0n) is 10.6. The summed E-state index contributed by atoms with van der Waals surface area (Å²) in [5.74, 6) is 1.71. The van der Waals surface area contributed by atoms with E-state index in [0.29, 0.717) is 6.04 Å². The summed E-state index contributed by atoms with van der Waals surface area (Å²) in [4.78, 5) is 2.13. The molecule has 2 heteroatoms. The first kappa shape index (κ1) is 10.7. The van der Waals surface area contributed by atoms with Crippen molar-refractivity contribution < 1.29 is 0 Å². The van der Waals surface area contributed by atoms with E-state index in [0.717, 1.165) is 11.8 Å². The maximum atomic E-state index is 3.65. The average molecular weight is 228 g/mol. The summed E-state index contributed by atoms with van der Waals surface area (Å²) in [6.45, 7) is 0. The fraction of sp³-hybridized carbons (Fsp3) is 0.467. The highest BCUT2D eigenvalue weighted by molar-refractivity contribution is 5.55. The number of anilines is 2. The van der Waals surface area contributed by atoms with E-state index >= 15 is 0 Å². The monoisotopic (exact) mass is 228 g/mol. The third kappa shape index (κ3) is 1.92. The summed E-state index contributed by atoms with van der Waals surface area (Å²) < 4.78 is 0. The summed E-state index contributed by atoms with van der Waals surface area (Å²) in [5, 5.41) is 3.65. The Hall–Kier alpha value is -1.44. The molecule has 0 amide bonds. The van der Waals surface area contributed by atoms with Crippen LogP contribution in [-0.4, -0.2) is 20.1 Å². The van der Waals surface area contributed by atoms with Crippen molar-refractivity contribution in [3.05, 3.63) is 36.4 Å². The van der Waals surface area contributed by atoms with E-state index in [1.54, 1.807) is 0 Å². The maximum absolute atomic E-state index is 3.65. The molecule has 0 bridgehead atoms. The largest absolute Gasteiger partial charge is 0.382 e. The average Bonchev–Trinajstić information content (AvgIpc) is 2.68. The van der Waals surface area contributed by atoms with Gasteiger partial charge >= 0.3 is 0 Å². The Morgan fingerprint density at radius 3 is 2.59 bits per heavy atom. The van der Waals surface area contributed by atoms with Gasteiger partial charge in [-0.15, -0.1) is 0 Å². The summed E-state index contributed by atoms with van der Waals surface area (Å²) in [5.41, 5.74) is 2.50. The molecular weight excluding hydrogens is 208 g/mol. The van der Waals surface area contributed by atoms with Gasteiger partial charge in [0, 0.05) is 37.4 Å². The highest BCUT2D eigenvalue weighted by Crippen LogP contribution is 2.44. The van der Waals surface area contributed by atoms with E-state index in [1.807, 2.05) is 0 Å². The molecule has 3 rings (SSSR count). The van der Waals surface area contributed by atoms with Crippen molar-refractivity contribution in [3.8, 4) is 0 Å². The minimum Gasteiger partial charge on any atom is -0.382 e. The molecule has 0 saturated heterocycles. The van der Waals surface area contributed by atoms with Gasteiger partial charge in [0.2, 0.25) is 0 Å². The Morgan fingerprint density at radius 1 is 1.18 bits per heavy atom. The van der Waals surface area contributed by atoms with Crippen molar-refractivity contribution in [1.29, 1.82) is 0 Å². The zero-order chi connectivity index (χ0) is 11.8. The fourth-order valence-corrected chi connectivity index (χ4v) is 2.95. The van der Waals surface area contributed by atoms with Gasteiger partial charge < -0.3 is 10.2 Å². The van der Waals surface area contributed by atoms with Crippen LogP contribution in [0.1, 0.15) is 12.8 Å². The quantitative estimate of drug-likeness (QED) is 0.800. The predicted octanol–water partition coefficient (Wildman–Crippen LogP) is 3.13. The van der Waals surface area contributed by atoms with Gasteiger partial charge in [-0.1, -0.05) is 12.2 Å². The molecule has 1 saturated carbocycles. The molecule has 90 valence electrons. The normalized spacial score (nSPS) is 29.6. The molecule has 3 atom stereocenters. The van der Waals surface area contributed by atoms with Crippen LogP contribution < -0.4 is 10.2 Å². The standard InChI is InChI=1S/C15H20N2/c1-17(2)13-8-6-12(7-9-13)16-15-10-11-4-3-5-14(11)15/h3,5-9,11,14-16H,4,10H2,1-2H3. The topological polar surface area (TPSA) is 15.3 Å². The number of nitrogens with zero attached hydrogens (tertiary/aromatic N) is 1. The van der Waals surface area contributed by atoms with Gasteiger partial charge in [0.05, 0.1) is 0 Å². The van der Waals surface area contributed by atoms with Crippen molar-refractivity contribution in [2.24, 2.45) is 11.8 Å². The first-order valence-corrected chi connectivity index (χ1v) is 6.44. The first-order chi connectivity index (χ1) is 8.24. The molecule has 0 aliphatic heterocycles. The van der Waals surface area contributed by atoms with Crippen LogP contribution in [0.4, 0.5) is 11.4 Å². The van der Waals surface area contributed by atoms with Gasteiger partial charge in [0.25, 0.3) is 0 Å². The van der Waals surface area contributed by atoms with Crippen LogP contribution >= 0.6 is 0 Å². The number of hydrogen-bond donors (Lipinski definition) is 1. The van der Waals surface area contributed by atoms with Crippen LogP contribution in [0.5, 0.6) is 0 Å². The number of benzene rings is 1. The SMILES string of the molecule is CN(C)c1ccc(NC2CC3CC=CC32)cc1. The molecule has 0 heterocycles. The van der Waals surface area contributed by atoms with Gasteiger partial charge in [-0.25, -0.2) is 0 Å². The molecule has 2 aliphatic carbocycles. The van der Waals surface area contributed by atoms with Gasteiger partial charge in [-0.3, -0.25) is 0 Å². The second kappa shape index (κ2) is 4.10. The maximum Gasteiger partial charge on any atom is 0.0362 e. The lowest BCUT2D eigenvalue weighted by atomic mass is 9.71. The van der Waals surface area contributed by atoms with Crippen LogP contribution in [-0.2, 0) is 0 Å². The molecule has 17 heavy (non-hydrogen) atoms. The van der Waals surface area contributed by atoms with E-state index in [9.17, 15) is 0 Å². The van der Waals surface area contributed by atoms with Crippen LogP contribution in [0.2, 0.25) is 0 Å². The molecule has 0 radical (unpaired) electrons. The molecule has 1 N–H and O–H groups in total. The molecule has 2 nitrogen and oxygen atoms in total. The number of hydrogen-bond acceptors (Lipinski definition) is 2. The van der Waals surface area contributed by atoms with Gasteiger partial charge in [0.15, 0.2) is 0 Å².